The second-order valence-electron chi connectivity index (χ2n) is 20.9. The Bertz CT molecular complexity index is 3670. The average Bonchev–Trinajstić information content (AvgIpc) is 3.91. The number of benzene rings is 8. The van der Waals surface area contributed by atoms with Gasteiger partial charge in [0.15, 0.2) is 0 Å². The molecule has 0 bridgehead atoms. The molecule has 2 aromatic heterocycles. The van der Waals surface area contributed by atoms with E-state index >= 15 is 0 Å². The summed E-state index contributed by atoms with van der Waals surface area (Å²) in [5, 5.41) is 2.11. The maximum Gasteiger partial charge on any atom is 0.135 e. The third kappa shape index (κ3) is 9.36. The van der Waals surface area contributed by atoms with E-state index in [1.807, 2.05) is 92.8 Å². The molecule has 73 heavy (non-hydrogen) atoms. The van der Waals surface area contributed by atoms with E-state index in [4.69, 9.17) is 9.72 Å². The molecule has 5 nitrogen and oxygen atoms in total. The van der Waals surface area contributed by atoms with Gasteiger partial charge in [0.2, 0.25) is 0 Å². The number of ether oxygens (including phenoxy) is 1. The molecule has 8 aromatic carbocycles. The van der Waals surface area contributed by atoms with E-state index < -0.39 is 5.89 Å². The molecule has 0 radical (unpaired) electrons. The summed E-state index contributed by atoms with van der Waals surface area (Å²) in [5.41, 5.74) is 13.1. The maximum absolute atomic E-state index is 14.7. The van der Waals surface area contributed by atoms with Crippen molar-refractivity contribution >= 4 is 44.6 Å². The predicted molar refractivity (Wildman–Crippen MR) is 292 cm³/mol. The van der Waals surface area contributed by atoms with Crippen molar-refractivity contribution in [1.29, 1.82) is 0 Å². The fourth-order valence-corrected chi connectivity index (χ4v) is 9.84. The second kappa shape index (κ2) is 19.3. The van der Waals surface area contributed by atoms with E-state index in [-0.39, 0.29) is 43.5 Å². The average molecular weight is 1140 g/mol. The van der Waals surface area contributed by atoms with E-state index in [0.29, 0.717) is 17.2 Å². The van der Waals surface area contributed by atoms with Gasteiger partial charge in [-0.15, -0.1) is 53.6 Å². The molecule has 3 heterocycles. The zero-order valence-electron chi connectivity index (χ0n) is 43.1. The van der Waals surface area contributed by atoms with Crippen LogP contribution in [0.2, 0.25) is 0 Å². The first kappa shape index (κ1) is 48.0. The molecule has 1 aliphatic heterocycles. The van der Waals surface area contributed by atoms with Crippen molar-refractivity contribution in [3.63, 3.8) is 0 Å². The number of halogens is 2. The molecule has 0 N–H and O–H groups in total. The van der Waals surface area contributed by atoms with Crippen molar-refractivity contribution < 1.29 is 36.0 Å². The standard InChI is InChI=1S/C65H55F2N4O.Pt/c1-41(2)52-15-9-10-16-53(52)44-33-49(38-51(34-44)72-50-29-30-55-54-17-11-12-18-58(54)71(61(55)39-50)62-37-45(31-32-68-62)64(3,4)5)69-40-70(60-20-14-13-19-59(60)69)63-56(42-21-25-47(66)26-22-42)35-46(65(6,7)8)36-57(63)43-23-27-48(67)28-24-43;/h9-37,40-41H,1-8H3;/q-3;/i41D;. The van der Waals surface area contributed by atoms with Gasteiger partial charge in [-0.1, -0.05) is 140 Å². The Morgan fingerprint density at radius 1 is 0.575 bits per heavy atom. The Balaban J connectivity index is 0.00000626. The van der Waals surface area contributed by atoms with Gasteiger partial charge in [0.25, 0.3) is 0 Å². The summed E-state index contributed by atoms with van der Waals surface area (Å²) in [5.74, 6) is 0.172. The van der Waals surface area contributed by atoms with Crippen LogP contribution in [0.1, 0.15) is 79.3 Å². The molecule has 8 heteroatoms. The van der Waals surface area contributed by atoms with Crippen molar-refractivity contribution in [1.82, 2.24) is 9.55 Å². The van der Waals surface area contributed by atoms with Crippen LogP contribution >= 0.6 is 0 Å². The predicted octanol–water partition coefficient (Wildman–Crippen LogP) is 18.0. The van der Waals surface area contributed by atoms with Gasteiger partial charge in [-0.3, -0.25) is 0 Å². The second-order valence-corrected chi connectivity index (χ2v) is 20.9. The van der Waals surface area contributed by atoms with Gasteiger partial charge >= 0.3 is 0 Å². The molecule has 10 aromatic rings. The van der Waals surface area contributed by atoms with E-state index in [0.717, 1.165) is 89.2 Å². The Morgan fingerprint density at radius 3 is 1.82 bits per heavy atom. The minimum atomic E-state index is -0.919. The topological polar surface area (TPSA) is 33.5 Å². The van der Waals surface area contributed by atoms with Gasteiger partial charge in [-0.25, -0.2) is 13.8 Å². The first-order valence-corrected chi connectivity index (χ1v) is 24.4. The van der Waals surface area contributed by atoms with Crippen LogP contribution in [0.5, 0.6) is 11.5 Å². The Kier molecular flexibility index (Phi) is 12.6. The van der Waals surface area contributed by atoms with Gasteiger partial charge in [0, 0.05) is 73.8 Å². The fraction of sp³-hybridized carbons (Fsp3) is 0.169. The molecular formula is C65H55F2N4OPt-3. The van der Waals surface area contributed by atoms with Gasteiger partial charge in [0.1, 0.15) is 17.5 Å². The number of hydrogen-bond donors (Lipinski definition) is 0. The Labute approximate surface area is 443 Å². The van der Waals surface area contributed by atoms with Gasteiger partial charge in [-0.05, 0) is 122 Å². The number of para-hydroxylation sites is 3. The number of nitrogens with zero attached hydrogens (tertiary/aromatic N) is 4. The van der Waals surface area contributed by atoms with Crippen molar-refractivity contribution in [3.05, 3.63) is 223 Å². The summed E-state index contributed by atoms with van der Waals surface area (Å²) in [6.07, 6.45) is 1.87. The summed E-state index contributed by atoms with van der Waals surface area (Å²) in [7, 11) is 0. The van der Waals surface area contributed by atoms with Crippen LogP contribution in [-0.4, -0.2) is 9.55 Å². The zero-order valence-corrected chi connectivity index (χ0v) is 44.4. The van der Waals surface area contributed by atoms with Crippen LogP contribution in [0.3, 0.4) is 0 Å². The molecule has 0 fully saturated rings. The molecule has 0 amide bonds. The fourth-order valence-electron chi connectivity index (χ4n) is 9.84. The monoisotopic (exact) mass is 1140 g/mol. The molecular weight excluding hydrogens is 1090 g/mol. The zero-order chi connectivity index (χ0) is 51.0. The summed E-state index contributed by atoms with van der Waals surface area (Å²) in [6.45, 7) is 19.0. The van der Waals surface area contributed by atoms with Crippen molar-refractivity contribution in [2.75, 3.05) is 9.80 Å². The molecule has 0 saturated heterocycles. The molecule has 368 valence electrons. The largest absolute Gasteiger partial charge is 0.509 e. The Hall–Kier alpha value is -7.34. The summed E-state index contributed by atoms with van der Waals surface area (Å²) >= 11 is 0. The van der Waals surface area contributed by atoms with Gasteiger partial charge in [-0.2, -0.15) is 6.07 Å². The normalized spacial score (nSPS) is 13.0. The molecule has 0 spiro atoms. The first-order valence-electron chi connectivity index (χ1n) is 24.9. The molecule has 0 unspecified atom stereocenters. The quantitative estimate of drug-likeness (QED) is 0.135. The molecule has 0 atom stereocenters. The van der Waals surface area contributed by atoms with Crippen LogP contribution in [-0.2, 0) is 31.9 Å². The van der Waals surface area contributed by atoms with Gasteiger partial charge in [0.05, 0.1) is 0 Å². The third-order valence-electron chi connectivity index (χ3n) is 13.6. The van der Waals surface area contributed by atoms with Crippen molar-refractivity contribution in [2.24, 2.45) is 0 Å². The number of rotatable bonds is 9. The molecule has 0 aliphatic carbocycles. The minimum Gasteiger partial charge on any atom is -0.509 e. The SMILES string of the molecule is [2H]C(C)(C)c1ccccc1-c1cc(Oc2[c-]c3c(cc2)c2ccccc2n3-c2cc(C(C)(C)C)ccn2)[c-]c(N2[CH-]N(c3c(-c4ccc(F)cc4)cc(C(C)(C)C)cc3-c3ccc(F)cc3)c3ccccc32)c1.[Pt]. The summed E-state index contributed by atoms with van der Waals surface area (Å²) in [6, 6.07) is 61.8. The summed E-state index contributed by atoms with van der Waals surface area (Å²) in [4.78, 5) is 9.17. The number of hydrogen-bond acceptors (Lipinski definition) is 4. The van der Waals surface area contributed by atoms with E-state index in [1.54, 1.807) is 0 Å². The molecule has 11 rings (SSSR count). The summed E-state index contributed by atoms with van der Waals surface area (Å²) < 4.78 is 47.7. The van der Waals surface area contributed by atoms with Gasteiger partial charge < -0.3 is 19.1 Å². The number of pyridine rings is 1. The smallest absolute Gasteiger partial charge is 0.135 e. The number of fused-ring (bicyclic) bond motifs is 4. The maximum atomic E-state index is 14.7. The van der Waals surface area contributed by atoms with Crippen LogP contribution in [0.15, 0.2) is 176 Å². The Morgan fingerprint density at radius 2 is 1.18 bits per heavy atom. The molecule has 1 aliphatic rings. The van der Waals surface area contributed by atoms with Crippen LogP contribution < -0.4 is 14.5 Å². The number of anilines is 4. The van der Waals surface area contributed by atoms with E-state index in [2.05, 4.69) is 148 Å². The molecule has 0 saturated carbocycles. The van der Waals surface area contributed by atoms with Crippen LogP contribution in [0, 0.1) is 30.4 Å². The van der Waals surface area contributed by atoms with Crippen LogP contribution in [0.4, 0.5) is 31.5 Å². The minimum absolute atomic E-state index is 0. The first-order chi connectivity index (χ1) is 34.9. The number of aromatic nitrogens is 2. The third-order valence-corrected chi connectivity index (χ3v) is 13.6. The van der Waals surface area contributed by atoms with E-state index in [1.165, 1.54) is 29.8 Å². The van der Waals surface area contributed by atoms with Crippen molar-refractivity contribution in [3.8, 4) is 50.7 Å². The van der Waals surface area contributed by atoms with Crippen LogP contribution in [0.25, 0.3) is 61.0 Å². The van der Waals surface area contributed by atoms with E-state index in [9.17, 15) is 10.2 Å². The van der Waals surface area contributed by atoms with Crippen molar-refractivity contribution in [2.45, 2.75) is 72.1 Å².